The van der Waals surface area contributed by atoms with E-state index in [0.29, 0.717) is 32.2 Å². The van der Waals surface area contributed by atoms with Crippen LogP contribution in [0.25, 0.3) is 10.4 Å². The van der Waals surface area contributed by atoms with E-state index in [9.17, 15) is 9.59 Å². The van der Waals surface area contributed by atoms with Crippen LogP contribution in [0.4, 0.5) is 4.79 Å². The Morgan fingerprint density at radius 3 is 2.79 bits per heavy atom. The third kappa shape index (κ3) is 10.9. The number of nitrogens with two attached hydrogens (primary N) is 1. The Hall–Kier alpha value is -1.99. The second-order valence-electron chi connectivity index (χ2n) is 3.81. The Bertz CT molecular complexity index is 330. The van der Waals surface area contributed by atoms with Crippen LogP contribution >= 0.6 is 0 Å². The normalized spacial score (nSPS) is 11.2. The monoisotopic (exact) mass is 273 g/mol. The van der Waals surface area contributed by atoms with Crippen LogP contribution in [0.1, 0.15) is 25.7 Å². The van der Waals surface area contributed by atoms with Gasteiger partial charge in [-0.15, -0.1) is 0 Å². The van der Waals surface area contributed by atoms with Crippen LogP contribution < -0.4 is 11.1 Å². The second-order valence-corrected chi connectivity index (χ2v) is 3.81. The Labute approximate surface area is 110 Å². The van der Waals surface area contributed by atoms with Gasteiger partial charge in [-0.3, -0.25) is 4.79 Å². The van der Waals surface area contributed by atoms with Crippen molar-refractivity contribution in [3.8, 4) is 0 Å². The second kappa shape index (κ2) is 11.1. The summed E-state index contributed by atoms with van der Waals surface area (Å²) in [6.07, 6.45) is 1.56. The molecule has 0 saturated carbocycles. The average Bonchev–Trinajstić information content (AvgIpc) is 2.37. The summed E-state index contributed by atoms with van der Waals surface area (Å²) >= 11 is 0. The molecule has 0 heterocycles. The summed E-state index contributed by atoms with van der Waals surface area (Å²) in [5.74, 6) is -1.02. The molecule has 0 spiro atoms. The molecule has 9 nitrogen and oxygen atoms in total. The fourth-order valence-electron chi connectivity index (χ4n) is 1.20. The van der Waals surface area contributed by atoms with Crippen molar-refractivity contribution in [2.75, 3.05) is 19.7 Å². The first-order chi connectivity index (χ1) is 9.07. The average molecular weight is 273 g/mol. The van der Waals surface area contributed by atoms with Crippen molar-refractivity contribution >= 4 is 12.1 Å². The van der Waals surface area contributed by atoms with Crippen molar-refractivity contribution in [3.05, 3.63) is 10.4 Å². The molecular formula is C10H19N5O4. The molecule has 0 radical (unpaired) electrons. The summed E-state index contributed by atoms with van der Waals surface area (Å²) in [4.78, 5) is 24.1. The molecule has 4 N–H and O–H groups in total. The Kier molecular flexibility index (Phi) is 9.96. The third-order valence-corrected chi connectivity index (χ3v) is 2.23. The highest BCUT2D eigenvalue weighted by atomic mass is 16.5. The number of carbonyl (C=O) groups is 2. The number of amides is 1. The van der Waals surface area contributed by atoms with Crippen LogP contribution in [0, 0.1) is 0 Å². The number of rotatable bonds is 10. The number of ether oxygens (including phenoxy) is 1. The fourth-order valence-corrected chi connectivity index (χ4v) is 1.20. The maximum absolute atomic E-state index is 11.1. The number of alkyl carbamates (subject to hydrolysis) is 1. The van der Waals surface area contributed by atoms with E-state index in [2.05, 4.69) is 15.3 Å². The molecule has 0 bridgehead atoms. The van der Waals surface area contributed by atoms with Crippen molar-refractivity contribution < 1.29 is 19.4 Å². The lowest BCUT2D eigenvalue weighted by atomic mass is 10.1. The SMILES string of the molecule is [N-]=[N+]=NCCCOC(=O)NCCCC[C@H](N)C(=O)O. The number of nitrogens with one attached hydrogen (secondary N) is 1. The number of unbranched alkanes of at least 4 members (excludes halogenated alkanes) is 1. The Morgan fingerprint density at radius 1 is 1.42 bits per heavy atom. The molecular weight excluding hydrogens is 254 g/mol. The van der Waals surface area contributed by atoms with Gasteiger partial charge in [0.25, 0.3) is 0 Å². The Morgan fingerprint density at radius 2 is 2.16 bits per heavy atom. The van der Waals surface area contributed by atoms with Gasteiger partial charge >= 0.3 is 12.1 Å². The highest BCUT2D eigenvalue weighted by molar-refractivity contribution is 5.72. The standard InChI is InChI=1S/C10H19N5O4/c11-8(9(16)17)4-1-2-5-13-10(18)19-7-3-6-14-15-12/h8H,1-7,11H2,(H,13,18)(H,16,17)/t8-/m0/s1. The molecule has 1 atom stereocenters. The zero-order valence-corrected chi connectivity index (χ0v) is 10.6. The van der Waals surface area contributed by atoms with Crippen molar-refractivity contribution in [2.24, 2.45) is 10.8 Å². The van der Waals surface area contributed by atoms with Gasteiger partial charge in [0.1, 0.15) is 6.04 Å². The van der Waals surface area contributed by atoms with Crippen LogP contribution in [-0.2, 0) is 9.53 Å². The van der Waals surface area contributed by atoms with Gasteiger partial charge in [-0.05, 0) is 31.2 Å². The van der Waals surface area contributed by atoms with Gasteiger partial charge in [-0.1, -0.05) is 5.11 Å². The van der Waals surface area contributed by atoms with E-state index < -0.39 is 18.1 Å². The minimum atomic E-state index is -1.02. The highest BCUT2D eigenvalue weighted by Crippen LogP contribution is 1.98. The molecule has 0 aromatic heterocycles. The predicted octanol–water partition coefficient (Wildman–Crippen LogP) is 0.995. The van der Waals surface area contributed by atoms with E-state index in [1.54, 1.807) is 0 Å². The zero-order chi connectivity index (χ0) is 14.5. The smallest absolute Gasteiger partial charge is 0.407 e. The van der Waals surface area contributed by atoms with E-state index >= 15 is 0 Å². The van der Waals surface area contributed by atoms with E-state index in [-0.39, 0.29) is 13.2 Å². The number of carbonyl (C=O) groups excluding carboxylic acids is 1. The molecule has 0 aromatic carbocycles. The van der Waals surface area contributed by atoms with E-state index in [1.807, 2.05) is 0 Å². The summed E-state index contributed by atoms with van der Waals surface area (Å²) in [6, 6.07) is -0.854. The number of hydrogen-bond acceptors (Lipinski definition) is 5. The summed E-state index contributed by atoms with van der Waals surface area (Å²) in [5.41, 5.74) is 13.3. The molecule has 0 rings (SSSR count). The topological polar surface area (TPSA) is 150 Å². The molecule has 0 aliphatic rings. The maximum atomic E-state index is 11.1. The van der Waals surface area contributed by atoms with Crippen molar-refractivity contribution in [1.82, 2.24) is 5.32 Å². The number of hydrogen-bond donors (Lipinski definition) is 3. The lowest BCUT2D eigenvalue weighted by Gasteiger charge is -2.07. The zero-order valence-electron chi connectivity index (χ0n) is 10.6. The minimum absolute atomic E-state index is 0.189. The molecule has 1 amide bonds. The molecule has 0 unspecified atom stereocenters. The number of nitrogens with zero attached hydrogens (tertiary/aromatic N) is 3. The fraction of sp³-hybridized carbons (Fsp3) is 0.800. The van der Waals surface area contributed by atoms with Crippen LogP contribution in [0.15, 0.2) is 5.11 Å². The van der Waals surface area contributed by atoms with Crippen LogP contribution in [0.3, 0.4) is 0 Å². The van der Waals surface area contributed by atoms with Gasteiger partial charge in [0.15, 0.2) is 0 Å². The third-order valence-electron chi connectivity index (χ3n) is 2.23. The molecule has 108 valence electrons. The molecule has 19 heavy (non-hydrogen) atoms. The predicted molar refractivity (Wildman–Crippen MR) is 67.4 cm³/mol. The minimum Gasteiger partial charge on any atom is -0.480 e. The first-order valence-electron chi connectivity index (χ1n) is 5.97. The van der Waals surface area contributed by atoms with E-state index in [0.717, 1.165) is 0 Å². The molecule has 0 aliphatic heterocycles. The molecule has 9 heteroatoms. The van der Waals surface area contributed by atoms with E-state index in [4.69, 9.17) is 21.1 Å². The van der Waals surface area contributed by atoms with Gasteiger partial charge in [0.2, 0.25) is 0 Å². The molecule has 0 saturated heterocycles. The summed E-state index contributed by atoms with van der Waals surface area (Å²) in [6.45, 7) is 0.882. The lowest BCUT2D eigenvalue weighted by molar-refractivity contribution is -0.138. The van der Waals surface area contributed by atoms with Crippen LogP contribution in [0.2, 0.25) is 0 Å². The van der Waals surface area contributed by atoms with Crippen LogP contribution in [0.5, 0.6) is 0 Å². The first kappa shape index (κ1) is 17.0. The van der Waals surface area contributed by atoms with Crippen LogP contribution in [-0.4, -0.2) is 42.9 Å². The van der Waals surface area contributed by atoms with Gasteiger partial charge in [0, 0.05) is 18.0 Å². The number of carboxylic acid groups (broad SMARTS) is 1. The molecule has 0 aliphatic carbocycles. The molecule has 0 fully saturated rings. The van der Waals surface area contributed by atoms with Gasteiger partial charge < -0.3 is 20.9 Å². The number of carboxylic acids is 1. The molecule has 0 aromatic rings. The number of aliphatic carboxylic acids is 1. The van der Waals surface area contributed by atoms with Gasteiger partial charge in [0.05, 0.1) is 6.61 Å². The largest absolute Gasteiger partial charge is 0.480 e. The van der Waals surface area contributed by atoms with Gasteiger partial charge in [-0.25, -0.2) is 4.79 Å². The summed E-state index contributed by atoms with van der Waals surface area (Å²) < 4.78 is 4.80. The van der Waals surface area contributed by atoms with E-state index in [1.165, 1.54) is 0 Å². The highest BCUT2D eigenvalue weighted by Gasteiger charge is 2.10. The van der Waals surface area contributed by atoms with Crippen molar-refractivity contribution in [2.45, 2.75) is 31.7 Å². The first-order valence-corrected chi connectivity index (χ1v) is 5.97. The quantitative estimate of drug-likeness (QED) is 0.235. The van der Waals surface area contributed by atoms with Crippen molar-refractivity contribution in [3.63, 3.8) is 0 Å². The van der Waals surface area contributed by atoms with Gasteiger partial charge in [-0.2, -0.15) is 0 Å². The lowest BCUT2D eigenvalue weighted by Crippen LogP contribution is -2.30. The summed E-state index contributed by atoms with van der Waals surface area (Å²) in [5, 5.41) is 14.4. The Balaban J connectivity index is 3.38. The number of azide groups is 1. The van der Waals surface area contributed by atoms with Crippen molar-refractivity contribution in [1.29, 1.82) is 0 Å². The summed E-state index contributed by atoms with van der Waals surface area (Å²) in [7, 11) is 0. The maximum Gasteiger partial charge on any atom is 0.407 e.